The van der Waals surface area contributed by atoms with E-state index in [9.17, 15) is 9.18 Å². The first kappa shape index (κ1) is 15.6. The van der Waals surface area contributed by atoms with Crippen molar-refractivity contribution in [3.8, 4) is 0 Å². The molecule has 0 aromatic heterocycles. The number of carbonyl (C=O) groups excluding carboxylic acids is 1. The van der Waals surface area contributed by atoms with Crippen molar-refractivity contribution in [1.82, 2.24) is 0 Å². The van der Waals surface area contributed by atoms with Crippen molar-refractivity contribution in [2.45, 2.75) is 38.5 Å². The Balaban J connectivity index is 3.18. The van der Waals surface area contributed by atoms with Gasteiger partial charge in [-0.2, -0.15) is 0 Å². The van der Waals surface area contributed by atoms with Crippen LogP contribution < -0.4 is 5.73 Å². The van der Waals surface area contributed by atoms with Crippen LogP contribution in [0.5, 0.6) is 0 Å². The largest absolute Gasteiger partial charge is 0.465 e. The van der Waals surface area contributed by atoms with Gasteiger partial charge < -0.3 is 10.5 Å². The smallest absolute Gasteiger partial charge is 0.317 e. The number of rotatable bonds is 7. The Labute approximate surface area is 113 Å². The molecule has 1 rings (SSSR count). The second kappa shape index (κ2) is 7.24. The van der Waals surface area contributed by atoms with Gasteiger partial charge in [0, 0.05) is 6.54 Å². The number of ether oxygens (including phenoxy) is 1. The third-order valence-electron chi connectivity index (χ3n) is 3.35. The van der Waals surface area contributed by atoms with Crippen molar-refractivity contribution in [2.24, 2.45) is 5.73 Å². The molecule has 106 valence electrons. The molecule has 0 fully saturated rings. The van der Waals surface area contributed by atoms with E-state index in [2.05, 4.69) is 0 Å². The molecule has 0 heterocycles. The minimum atomic E-state index is -0.936. The first-order chi connectivity index (χ1) is 9.10. The fourth-order valence-electron chi connectivity index (χ4n) is 2.20. The van der Waals surface area contributed by atoms with E-state index in [-0.39, 0.29) is 18.3 Å². The molecule has 19 heavy (non-hydrogen) atoms. The Morgan fingerprint density at radius 1 is 1.42 bits per heavy atom. The number of hydrogen-bond donors (Lipinski definition) is 1. The van der Waals surface area contributed by atoms with E-state index >= 15 is 0 Å². The number of carbonyl (C=O) groups is 1. The van der Waals surface area contributed by atoms with Crippen LogP contribution in [0.4, 0.5) is 4.39 Å². The molecule has 2 N–H and O–H groups in total. The lowest BCUT2D eigenvalue weighted by molar-refractivity contribution is -0.150. The van der Waals surface area contributed by atoms with Gasteiger partial charge in [-0.3, -0.25) is 4.79 Å². The van der Waals surface area contributed by atoms with E-state index in [1.807, 2.05) is 6.92 Å². The molecule has 0 saturated heterocycles. The fraction of sp³-hybridized carbons (Fsp3) is 0.533. The summed E-state index contributed by atoms with van der Waals surface area (Å²) in [6.07, 6.45) is 2.35. The zero-order valence-corrected chi connectivity index (χ0v) is 11.6. The van der Waals surface area contributed by atoms with Crippen molar-refractivity contribution in [3.63, 3.8) is 0 Å². The molecule has 0 radical (unpaired) electrons. The number of hydrogen-bond acceptors (Lipinski definition) is 3. The molecular formula is C15H22FNO2. The van der Waals surface area contributed by atoms with Crippen LogP contribution in [-0.2, 0) is 14.9 Å². The Bertz CT molecular complexity index is 422. The SMILES string of the molecule is CCCCC(CN)(C(=O)OCC)c1cccc(F)c1. The number of esters is 1. The minimum absolute atomic E-state index is 0.120. The monoisotopic (exact) mass is 267 g/mol. The van der Waals surface area contributed by atoms with Gasteiger partial charge in [0.25, 0.3) is 0 Å². The number of unbranched alkanes of at least 4 members (excludes halogenated alkanes) is 1. The summed E-state index contributed by atoms with van der Waals surface area (Å²) in [5.41, 5.74) is 5.50. The summed E-state index contributed by atoms with van der Waals surface area (Å²) in [6, 6.07) is 6.07. The summed E-state index contributed by atoms with van der Waals surface area (Å²) in [7, 11) is 0. The Kier molecular flexibility index (Phi) is 5.96. The van der Waals surface area contributed by atoms with Gasteiger partial charge in [0.05, 0.1) is 6.61 Å². The van der Waals surface area contributed by atoms with Crippen LogP contribution in [0.25, 0.3) is 0 Å². The van der Waals surface area contributed by atoms with Crippen molar-refractivity contribution in [2.75, 3.05) is 13.2 Å². The van der Waals surface area contributed by atoms with Crippen LogP contribution in [0, 0.1) is 5.82 Å². The molecule has 1 unspecified atom stereocenters. The molecule has 1 aromatic rings. The quantitative estimate of drug-likeness (QED) is 0.773. The molecule has 0 aliphatic heterocycles. The van der Waals surface area contributed by atoms with Crippen LogP contribution in [0.3, 0.4) is 0 Å². The lowest BCUT2D eigenvalue weighted by Crippen LogP contribution is -2.44. The number of benzene rings is 1. The molecule has 1 atom stereocenters. The second-order valence-electron chi connectivity index (χ2n) is 4.62. The average molecular weight is 267 g/mol. The maximum Gasteiger partial charge on any atom is 0.317 e. The Hall–Kier alpha value is -1.42. The topological polar surface area (TPSA) is 52.3 Å². The molecule has 0 amide bonds. The molecule has 1 aromatic carbocycles. The normalized spacial score (nSPS) is 13.9. The lowest BCUT2D eigenvalue weighted by atomic mass is 9.76. The molecule has 0 spiro atoms. The average Bonchev–Trinajstić information content (AvgIpc) is 2.40. The van der Waals surface area contributed by atoms with Crippen LogP contribution in [0.1, 0.15) is 38.7 Å². The standard InChI is InChI=1S/C15H22FNO2/c1-3-5-9-15(11-17,14(18)19-4-2)12-7-6-8-13(16)10-12/h6-8,10H,3-5,9,11,17H2,1-2H3. The molecule has 0 saturated carbocycles. The van der Waals surface area contributed by atoms with Gasteiger partial charge in [-0.05, 0) is 31.0 Å². The van der Waals surface area contributed by atoms with Crippen LogP contribution in [-0.4, -0.2) is 19.1 Å². The summed E-state index contributed by atoms with van der Waals surface area (Å²) >= 11 is 0. The number of nitrogens with two attached hydrogens (primary N) is 1. The van der Waals surface area contributed by atoms with E-state index in [4.69, 9.17) is 10.5 Å². The van der Waals surface area contributed by atoms with Gasteiger partial charge in [-0.25, -0.2) is 4.39 Å². The van der Waals surface area contributed by atoms with E-state index in [0.29, 0.717) is 18.6 Å². The summed E-state index contributed by atoms with van der Waals surface area (Å²) in [5.74, 6) is -0.729. The first-order valence-corrected chi connectivity index (χ1v) is 6.74. The Morgan fingerprint density at radius 3 is 2.68 bits per heavy atom. The zero-order chi connectivity index (χ0) is 14.3. The van der Waals surface area contributed by atoms with Crippen LogP contribution in [0.2, 0.25) is 0 Å². The van der Waals surface area contributed by atoms with Crippen molar-refractivity contribution >= 4 is 5.97 Å². The van der Waals surface area contributed by atoms with Gasteiger partial charge in [0.15, 0.2) is 0 Å². The van der Waals surface area contributed by atoms with E-state index in [1.54, 1.807) is 19.1 Å². The van der Waals surface area contributed by atoms with Crippen molar-refractivity contribution < 1.29 is 13.9 Å². The van der Waals surface area contributed by atoms with Gasteiger partial charge in [0.2, 0.25) is 0 Å². The first-order valence-electron chi connectivity index (χ1n) is 6.74. The molecule has 4 heteroatoms. The summed E-state index contributed by atoms with van der Waals surface area (Å²) < 4.78 is 18.6. The van der Waals surface area contributed by atoms with E-state index in [0.717, 1.165) is 12.8 Å². The third kappa shape index (κ3) is 3.53. The van der Waals surface area contributed by atoms with Crippen molar-refractivity contribution in [3.05, 3.63) is 35.6 Å². The Morgan fingerprint density at radius 2 is 2.16 bits per heavy atom. The minimum Gasteiger partial charge on any atom is -0.465 e. The molecule has 0 bridgehead atoms. The predicted octanol–water partition coefficient (Wildman–Crippen LogP) is 2.78. The van der Waals surface area contributed by atoms with E-state index < -0.39 is 5.41 Å². The maximum atomic E-state index is 13.4. The highest BCUT2D eigenvalue weighted by Gasteiger charge is 2.40. The van der Waals surface area contributed by atoms with Crippen molar-refractivity contribution in [1.29, 1.82) is 0 Å². The molecule has 0 aliphatic rings. The molecular weight excluding hydrogens is 245 g/mol. The summed E-state index contributed by atoms with van der Waals surface area (Å²) in [6.45, 7) is 4.21. The maximum absolute atomic E-state index is 13.4. The van der Waals surface area contributed by atoms with Crippen LogP contribution in [0.15, 0.2) is 24.3 Å². The predicted molar refractivity (Wildman–Crippen MR) is 73.3 cm³/mol. The highest BCUT2D eigenvalue weighted by atomic mass is 19.1. The highest BCUT2D eigenvalue weighted by Crippen LogP contribution is 2.31. The lowest BCUT2D eigenvalue weighted by Gasteiger charge is -2.30. The third-order valence-corrected chi connectivity index (χ3v) is 3.35. The zero-order valence-electron chi connectivity index (χ0n) is 11.6. The van der Waals surface area contributed by atoms with E-state index in [1.165, 1.54) is 12.1 Å². The highest BCUT2D eigenvalue weighted by molar-refractivity contribution is 5.83. The number of halogens is 1. The van der Waals surface area contributed by atoms with Gasteiger partial charge in [-0.1, -0.05) is 31.9 Å². The second-order valence-corrected chi connectivity index (χ2v) is 4.62. The van der Waals surface area contributed by atoms with Gasteiger partial charge in [0.1, 0.15) is 11.2 Å². The summed E-state index contributed by atoms with van der Waals surface area (Å²) in [5, 5.41) is 0. The molecule has 3 nitrogen and oxygen atoms in total. The fourth-order valence-corrected chi connectivity index (χ4v) is 2.20. The van der Waals surface area contributed by atoms with Gasteiger partial charge in [-0.15, -0.1) is 0 Å². The summed E-state index contributed by atoms with van der Waals surface area (Å²) in [4.78, 5) is 12.3. The van der Waals surface area contributed by atoms with Gasteiger partial charge >= 0.3 is 5.97 Å². The molecule has 0 aliphatic carbocycles. The van der Waals surface area contributed by atoms with Crippen LogP contribution >= 0.6 is 0 Å².